The number of aryl methyl sites for hydroxylation is 1. The van der Waals surface area contributed by atoms with Crippen LogP contribution in [0.5, 0.6) is 0 Å². The average Bonchev–Trinajstić information content (AvgIpc) is 3.14. The molecular formula is C26H26ClN5O2S2. The topological polar surface area (TPSA) is 61.2 Å². The number of carbonyl (C=O) groups is 1. The fourth-order valence-corrected chi connectivity index (χ4v) is 5.89. The number of hydrogen-bond acceptors (Lipinski definition) is 7. The van der Waals surface area contributed by atoms with E-state index >= 15 is 0 Å². The molecule has 2 aliphatic heterocycles. The minimum atomic E-state index is -0.236. The number of hydrogen-bond donors (Lipinski definition) is 0. The highest BCUT2D eigenvalue weighted by Crippen LogP contribution is 2.35. The molecule has 1 aromatic carbocycles. The summed E-state index contributed by atoms with van der Waals surface area (Å²) in [5.41, 5.74) is 2.55. The number of benzene rings is 1. The lowest BCUT2D eigenvalue weighted by Crippen LogP contribution is -2.47. The number of carbonyl (C=O) groups excluding carboxylic acids is 1. The van der Waals surface area contributed by atoms with Gasteiger partial charge in [-0.15, -0.1) is 0 Å². The Kier molecular flexibility index (Phi) is 7.16. The number of nitrogens with zero attached hydrogens (tertiary/aromatic N) is 5. The molecule has 186 valence electrons. The van der Waals surface area contributed by atoms with Crippen molar-refractivity contribution in [2.45, 2.75) is 20.4 Å². The molecule has 2 fully saturated rings. The molecule has 0 bridgehead atoms. The van der Waals surface area contributed by atoms with Crippen LogP contribution in [0.3, 0.4) is 0 Å². The molecule has 7 nitrogen and oxygen atoms in total. The van der Waals surface area contributed by atoms with Crippen molar-refractivity contribution in [1.82, 2.24) is 19.2 Å². The third-order valence-electron chi connectivity index (χ3n) is 6.54. The van der Waals surface area contributed by atoms with Crippen molar-refractivity contribution in [3.63, 3.8) is 0 Å². The van der Waals surface area contributed by atoms with Gasteiger partial charge in [0.2, 0.25) is 0 Å². The van der Waals surface area contributed by atoms with E-state index in [1.165, 1.54) is 16.7 Å². The first-order valence-corrected chi connectivity index (χ1v) is 13.4. The molecular weight excluding hydrogens is 514 g/mol. The smallest absolute Gasteiger partial charge is 0.267 e. The number of likely N-dealkylation sites (N-methyl/N-ethyl adjacent to an activating group) is 1. The Morgan fingerprint density at radius 3 is 2.58 bits per heavy atom. The number of anilines is 1. The Labute approximate surface area is 224 Å². The summed E-state index contributed by atoms with van der Waals surface area (Å²) in [7, 11) is 0. The quantitative estimate of drug-likeness (QED) is 0.356. The molecule has 36 heavy (non-hydrogen) atoms. The summed E-state index contributed by atoms with van der Waals surface area (Å²) in [5.74, 6) is 0.372. The standard InChI is InChI=1S/C26H26ClN5O2S2/c1-3-29-10-12-30(13-11-29)23-19(24(33)31-15-17(2)8-9-22(31)28-23)14-21-25(34)32(26(35)36-21)16-18-6-4-5-7-20(18)27/h4-9,14-15H,3,10-13,16H2,1-2H3/b21-14-. The lowest BCUT2D eigenvalue weighted by atomic mass is 10.2. The lowest BCUT2D eigenvalue weighted by molar-refractivity contribution is -0.122. The van der Waals surface area contributed by atoms with Gasteiger partial charge in [0.25, 0.3) is 11.5 Å². The van der Waals surface area contributed by atoms with E-state index in [-0.39, 0.29) is 18.0 Å². The second-order valence-corrected chi connectivity index (χ2v) is 11.0. The molecule has 4 heterocycles. The van der Waals surface area contributed by atoms with E-state index < -0.39 is 0 Å². The SMILES string of the molecule is CCN1CCN(c2nc3ccc(C)cn3c(=O)c2/C=C2\SC(=S)N(Cc3ccccc3Cl)C2=O)CC1. The summed E-state index contributed by atoms with van der Waals surface area (Å²) in [5, 5.41) is 0.580. The highest BCUT2D eigenvalue weighted by Gasteiger charge is 2.33. The fourth-order valence-electron chi connectivity index (χ4n) is 4.45. The first kappa shape index (κ1) is 25.0. The molecule has 1 amide bonds. The average molecular weight is 540 g/mol. The third kappa shape index (κ3) is 4.80. The summed E-state index contributed by atoms with van der Waals surface area (Å²) < 4.78 is 1.99. The minimum Gasteiger partial charge on any atom is -0.353 e. The zero-order valence-corrected chi connectivity index (χ0v) is 22.5. The van der Waals surface area contributed by atoms with Gasteiger partial charge in [0, 0.05) is 37.4 Å². The van der Waals surface area contributed by atoms with Crippen molar-refractivity contribution in [1.29, 1.82) is 0 Å². The van der Waals surface area contributed by atoms with Gasteiger partial charge in [0.15, 0.2) is 0 Å². The predicted molar refractivity (Wildman–Crippen MR) is 151 cm³/mol. The number of fused-ring (bicyclic) bond motifs is 1. The Morgan fingerprint density at radius 2 is 1.86 bits per heavy atom. The summed E-state index contributed by atoms with van der Waals surface area (Å²) >= 11 is 13.1. The highest BCUT2D eigenvalue weighted by molar-refractivity contribution is 8.26. The molecule has 0 N–H and O–H groups in total. The van der Waals surface area contributed by atoms with Crippen LogP contribution in [0, 0.1) is 6.92 Å². The van der Waals surface area contributed by atoms with E-state index in [0.29, 0.717) is 31.3 Å². The number of rotatable bonds is 5. The second kappa shape index (κ2) is 10.3. The number of halogens is 1. The van der Waals surface area contributed by atoms with Crippen molar-refractivity contribution < 1.29 is 4.79 Å². The Hall–Kier alpha value is -2.72. The number of thioether (sulfide) groups is 1. The maximum Gasteiger partial charge on any atom is 0.267 e. The van der Waals surface area contributed by atoms with Gasteiger partial charge in [-0.2, -0.15) is 0 Å². The van der Waals surface area contributed by atoms with Gasteiger partial charge in [0.05, 0.1) is 17.0 Å². The van der Waals surface area contributed by atoms with E-state index in [1.807, 2.05) is 37.3 Å². The summed E-state index contributed by atoms with van der Waals surface area (Å²) in [6.45, 7) is 8.66. The van der Waals surface area contributed by atoms with E-state index in [9.17, 15) is 9.59 Å². The van der Waals surface area contributed by atoms with Gasteiger partial charge < -0.3 is 9.80 Å². The van der Waals surface area contributed by atoms with E-state index in [2.05, 4.69) is 16.7 Å². The maximum atomic E-state index is 13.7. The number of pyridine rings is 1. The van der Waals surface area contributed by atoms with Crippen LogP contribution in [0.4, 0.5) is 5.82 Å². The van der Waals surface area contributed by atoms with Crippen LogP contribution >= 0.6 is 35.6 Å². The van der Waals surface area contributed by atoms with Crippen molar-refractivity contribution in [2.75, 3.05) is 37.6 Å². The zero-order chi connectivity index (χ0) is 25.4. The summed E-state index contributed by atoms with van der Waals surface area (Å²) in [6.07, 6.45) is 3.45. The van der Waals surface area contributed by atoms with Crippen LogP contribution in [0.1, 0.15) is 23.6 Å². The minimum absolute atomic E-state index is 0.201. The van der Waals surface area contributed by atoms with Gasteiger partial charge >= 0.3 is 0 Å². The van der Waals surface area contributed by atoms with Crippen LogP contribution in [0.15, 0.2) is 52.3 Å². The largest absolute Gasteiger partial charge is 0.353 e. The molecule has 0 aliphatic carbocycles. The van der Waals surface area contributed by atoms with E-state index in [4.69, 9.17) is 28.8 Å². The first-order valence-electron chi connectivity index (χ1n) is 11.8. The molecule has 0 atom stereocenters. The normalized spacial score (nSPS) is 18.1. The molecule has 2 aromatic heterocycles. The van der Waals surface area contributed by atoms with Crippen LogP contribution in [0.2, 0.25) is 5.02 Å². The van der Waals surface area contributed by atoms with Crippen molar-refractivity contribution >= 4 is 63.3 Å². The molecule has 0 saturated carbocycles. The van der Waals surface area contributed by atoms with E-state index in [1.54, 1.807) is 22.7 Å². The summed E-state index contributed by atoms with van der Waals surface area (Å²) in [4.78, 5) is 38.4. The summed E-state index contributed by atoms with van der Waals surface area (Å²) in [6, 6.07) is 11.2. The van der Waals surface area contributed by atoms with E-state index in [0.717, 1.165) is 43.9 Å². The van der Waals surface area contributed by atoms with Gasteiger partial charge in [-0.25, -0.2) is 4.98 Å². The first-order chi connectivity index (χ1) is 17.4. The molecule has 0 unspecified atom stereocenters. The Balaban J connectivity index is 1.55. The van der Waals surface area contributed by atoms with Crippen molar-refractivity contribution in [2.24, 2.45) is 0 Å². The lowest BCUT2D eigenvalue weighted by Gasteiger charge is -2.35. The highest BCUT2D eigenvalue weighted by atomic mass is 35.5. The maximum absolute atomic E-state index is 13.7. The van der Waals surface area contributed by atoms with Crippen LogP contribution in [-0.2, 0) is 11.3 Å². The number of aromatic nitrogens is 2. The van der Waals surface area contributed by atoms with Crippen molar-refractivity contribution in [3.8, 4) is 0 Å². The molecule has 2 aliphatic rings. The van der Waals surface area contributed by atoms with Gasteiger partial charge in [-0.1, -0.05) is 66.8 Å². The Morgan fingerprint density at radius 1 is 1.11 bits per heavy atom. The van der Waals surface area contributed by atoms with Crippen LogP contribution in [0.25, 0.3) is 11.7 Å². The molecule has 3 aromatic rings. The van der Waals surface area contributed by atoms with Crippen molar-refractivity contribution in [3.05, 3.63) is 79.6 Å². The zero-order valence-electron chi connectivity index (χ0n) is 20.1. The Bertz CT molecular complexity index is 1450. The number of thiocarbonyl (C=S) groups is 1. The number of piperazine rings is 1. The molecule has 10 heteroatoms. The number of amides is 1. The van der Waals surface area contributed by atoms with Crippen LogP contribution in [-0.4, -0.2) is 62.1 Å². The fraction of sp³-hybridized carbons (Fsp3) is 0.308. The van der Waals surface area contributed by atoms with Gasteiger partial charge in [-0.05, 0) is 42.8 Å². The molecule has 0 radical (unpaired) electrons. The molecule has 2 saturated heterocycles. The third-order valence-corrected chi connectivity index (χ3v) is 8.29. The monoisotopic (exact) mass is 539 g/mol. The second-order valence-electron chi connectivity index (χ2n) is 8.87. The van der Waals surface area contributed by atoms with Crippen LogP contribution < -0.4 is 10.5 Å². The molecule has 0 spiro atoms. The molecule has 5 rings (SSSR count). The predicted octanol–water partition coefficient (Wildman–Crippen LogP) is 4.20. The van der Waals surface area contributed by atoms with Gasteiger partial charge in [-0.3, -0.25) is 18.9 Å². The van der Waals surface area contributed by atoms with Gasteiger partial charge in [0.1, 0.15) is 15.8 Å².